The first kappa shape index (κ1) is 17.9. The predicted octanol–water partition coefficient (Wildman–Crippen LogP) is 4.13. The van der Waals surface area contributed by atoms with E-state index in [0.717, 1.165) is 31.4 Å². The topological polar surface area (TPSA) is 59.8 Å². The lowest BCUT2D eigenvalue weighted by molar-refractivity contribution is -0.113. The van der Waals surface area contributed by atoms with Crippen LogP contribution in [0.15, 0.2) is 53.7 Å². The van der Waals surface area contributed by atoms with Crippen molar-refractivity contribution >= 4 is 45.9 Å². The van der Waals surface area contributed by atoms with E-state index in [2.05, 4.69) is 38.1 Å². The summed E-state index contributed by atoms with van der Waals surface area (Å²) in [6, 6.07) is 15.8. The third-order valence-electron chi connectivity index (χ3n) is 3.70. The summed E-state index contributed by atoms with van der Waals surface area (Å²) in [5.41, 5.74) is 3.02. The van der Waals surface area contributed by atoms with Gasteiger partial charge in [-0.1, -0.05) is 48.2 Å². The number of benzene rings is 2. The number of halogens is 1. The van der Waals surface area contributed by atoms with Gasteiger partial charge in [-0.2, -0.15) is 0 Å². The van der Waals surface area contributed by atoms with E-state index in [4.69, 9.17) is 0 Å². The number of nitrogens with one attached hydrogen (secondary N) is 1. The maximum absolute atomic E-state index is 12.2. The molecule has 0 saturated heterocycles. The molecule has 0 aliphatic rings. The first-order valence-electron chi connectivity index (χ1n) is 7.69. The molecule has 0 atom stereocenters. The number of rotatable bonds is 5. The molecular weight excluding hydrogens is 447 g/mol. The lowest BCUT2D eigenvalue weighted by Gasteiger charge is -2.08. The highest BCUT2D eigenvalue weighted by atomic mass is 127. The minimum Gasteiger partial charge on any atom is -0.324 e. The maximum Gasteiger partial charge on any atom is 0.234 e. The number of amides is 1. The standard InChI is InChI=1S/C18H17IN4OS/c1-12-7-3-4-8-13(12)17-21-22-18(23(17)2)25-11-16(24)20-15-10-6-5-9-14(15)19/h3-10H,11H2,1-2H3,(H,20,24). The van der Waals surface area contributed by atoms with Gasteiger partial charge in [0.1, 0.15) is 0 Å². The Kier molecular flexibility index (Phi) is 5.74. The van der Waals surface area contributed by atoms with Crippen molar-refractivity contribution in [1.82, 2.24) is 14.8 Å². The van der Waals surface area contributed by atoms with Crippen molar-refractivity contribution in [3.63, 3.8) is 0 Å². The third-order valence-corrected chi connectivity index (χ3v) is 5.66. The molecule has 0 aliphatic heterocycles. The van der Waals surface area contributed by atoms with Crippen LogP contribution in [0.4, 0.5) is 5.69 Å². The van der Waals surface area contributed by atoms with Crippen LogP contribution in [0.25, 0.3) is 11.4 Å². The van der Waals surface area contributed by atoms with Crippen molar-refractivity contribution in [3.05, 3.63) is 57.7 Å². The maximum atomic E-state index is 12.2. The highest BCUT2D eigenvalue weighted by Gasteiger charge is 2.14. The van der Waals surface area contributed by atoms with Gasteiger partial charge in [-0.3, -0.25) is 4.79 Å². The SMILES string of the molecule is Cc1ccccc1-c1nnc(SCC(=O)Nc2ccccc2I)n1C. The van der Waals surface area contributed by atoms with Crippen LogP contribution in [0.3, 0.4) is 0 Å². The second-order valence-corrected chi connectivity index (χ2v) is 7.60. The van der Waals surface area contributed by atoms with E-state index in [1.165, 1.54) is 11.8 Å². The second kappa shape index (κ2) is 8.01. The minimum absolute atomic E-state index is 0.0606. The van der Waals surface area contributed by atoms with Gasteiger partial charge in [0.25, 0.3) is 0 Å². The average molecular weight is 464 g/mol. The van der Waals surface area contributed by atoms with Gasteiger partial charge in [0.2, 0.25) is 5.91 Å². The Hall–Kier alpha value is -1.87. The summed E-state index contributed by atoms with van der Waals surface area (Å²) in [6.45, 7) is 2.05. The number of thioether (sulfide) groups is 1. The van der Waals surface area contributed by atoms with Crippen LogP contribution in [-0.2, 0) is 11.8 Å². The second-order valence-electron chi connectivity index (χ2n) is 5.50. The molecule has 0 aliphatic carbocycles. The van der Waals surface area contributed by atoms with Crippen LogP contribution in [0.2, 0.25) is 0 Å². The van der Waals surface area contributed by atoms with E-state index < -0.39 is 0 Å². The number of aryl methyl sites for hydroxylation is 1. The summed E-state index contributed by atoms with van der Waals surface area (Å²) in [5, 5.41) is 12.1. The molecule has 1 aromatic heterocycles. The average Bonchev–Trinajstić information content (AvgIpc) is 2.96. The number of carbonyl (C=O) groups is 1. The highest BCUT2D eigenvalue weighted by Crippen LogP contribution is 2.25. The minimum atomic E-state index is -0.0606. The summed E-state index contributed by atoms with van der Waals surface area (Å²) in [6.07, 6.45) is 0. The molecule has 7 heteroatoms. The van der Waals surface area contributed by atoms with Crippen LogP contribution in [0, 0.1) is 10.5 Å². The molecule has 0 radical (unpaired) electrons. The van der Waals surface area contributed by atoms with Crippen molar-refractivity contribution < 1.29 is 4.79 Å². The molecule has 5 nitrogen and oxygen atoms in total. The van der Waals surface area contributed by atoms with Crippen molar-refractivity contribution in [2.45, 2.75) is 12.1 Å². The van der Waals surface area contributed by atoms with E-state index in [9.17, 15) is 4.79 Å². The first-order chi connectivity index (χ1) is 12.1. The Morgan fingerprint density at radius 1 is 1.16 bits per heavy atom. The zero-order valence-electron chi connectivity index (χ0n) is 13.9. The summed E-state index contributed by atoms with van der Waals surface area (Å²) in [7, 11) is 1.92. The number of aromatic nitrogens is 3. The zero-order valence-corrected chi connectivity index (χ0v) is 16.8. The molecule has 128 valence electrons. The molecule has 1 N–H and O–H groups in total. The molecular formula is C18H17IN4OS. The Morgan fingerprint density at radius 2 is 1.88 bits per heavy atom. The Balaban J connectivity index is 1.67. The van der Waals surface area contributed by atoms with Gasteiger partial charge in [0.15, 0.2) is 11.0 Å². The predicted molar refractivity (Wildman–Crippen MR) is 110 cm³/mol. The van der Waals surface area contributed by atoms with E-state index in [0.29, 0.717) is 0 Å². The highest BCUT2D eigenvalue weighted by molar-refractivity contribution is 14.1. The summed E-state index contributed by atoms with van der Waals surface area (Å²) >= 11 is 3.58. The number of hydrogen-bond donors (Lipinski definition) is 1. The molecule has 0 fully saturated rings. The van der Waals surface area contributed by atoms with Crippen molar-refractivity contribution in [1.29, 1.82) is 0 Å². The van der Waals surface area contributed by atoms with E-state index in [-0.39, 0.29) is 11.7 Å². The number of anilines is 1. The van der Waals surface area contributed by atoms with Gasteiger partial charge >= 0.3 is 0 Å². The van der Waals surface area contributed by atoms with Crippen molar-refractivity contribution in [3.8, 4) is 11.4 Å². The summed E-state index contributed by atoms with van der Waals surface area (Å²) < 4.78 is 2.94. The van der Waals surface area contributed by atoms with Gasteiger partial charge in [-0.25, -0.2) is 0 Å². The monoisotopic (exact) mass is 464 g/mol. The number of nitrogens with zero attached hydrogens (tertiary/aromatic N) is 3. The molecule has 0 bridgehead atoms. The van der Waals surface area contributed by atoms with E-state index in [1.807, 2.05) is 67.1 Å². The van der Waals surface area contributed by atoms with Crippen LogP contribution < -0.4 is 5.32 Å². The molecule has 1 heterocycles. The Bertz CT molecular complexity index is 910. The largest absolute Gasteiger partial charge is 0.324 e. The van der Waals surface area contributed by atoms with Crippen LogP contribution in [0.1, 0.15) is 5.56 Å². The van der Waals surface area contributed by atoms with Crippen molar-refractivity contribution in [2.75, 3.05) is 11.1 Å². The Labute approximate surface area is 164 Å². The smallest absolute Gasteiger partial charge is 0.234 e. The lowest BCUT2D eigenvalue weighted by atomic mass is 10.1. The molecule has 2 aromatic carbocycles. The molecule has 0 saturated carbocycles. The number of para-hydroxylation sites is 1. The van der Waals surface area contributed by atoms with Crippen LogP contribution in [-0.4, -0.2) is 26.4 Å². The molecule has 1 amide bonds. The Morgan fingerprint density at radius 3 is 2.64 bits per heavy atom. The lowest BCUT2D eigenvalue weighted by Crippen LogP contribution is -2.15. The number of hydrogen-bond acceptors (Lipinski definition) is 4. The fraction of sp³-hybridized carbons (Fsp3) is 0.167. The molecule has 0 spiro atoms. The van der Waals surface area contributed by atoms with Gasteiger partial charge in [-0.15, -0.1) is 10.2 Å². The zero-order chi connectivity index (χ0) is 17.8. The summed E-state index contributed by atoms with van der Waals surface area (Å²) in [5.74, 6) is 1.03. The molecule has 25 heavy (non-hydrogen) atoms. The first-order valence-corrected chi connectivity index (χ1v) is 9.75. The third kappa shape index (κ3) is 4.21. The molecule has 3 aromatic rings. The molecule has 0 unspecified atom stereocenters. The molecule has 3 rings (SSSR count). The van der Waals surface area contributed by atoms with Crippen LogP contribution >= 0.6 is 34.4 Å². The van der Waals surface area contributed by atoms with Gasteiger partial charge < -0.3 is 9.88 Å². The quantitative estimate of drug-likeness (QED) is 0.456. The number of carbonyl (C=O) groups excluding carboxylic acids is 1. The summed E-state index contributed by atoms with van der Waals surface area (Å²) in [4.78, 5) is 12.2. The van der Waals surface area contributed by atoms with E-state index in [1.54, 1.807) is 0 Å². The fourth-order valence-electron chi connectivity index (χ4n) is 2.38. The van der Waals surface area contributed by atoms with Gasteiger partial charge in [0.05, 0.1) is 11.4 Å². The van der Waals surface area contributed by atoms with E-state index >= 15 is 0 Å². The fourth-order valence-corrected chi connectivity index (χ4v) is 3.61. The van der Waals surface area contributed by atoms with Gasteiger partial charge in [0, 0.05) is 16.2 Å². The normalized spacial score (nSPS) is 10.7. The van der Waals surface area contributed by atoms with Gasteiger partial charge in [-0.05, 0) is 47.2 Å². The van der Waals surface area contributed by atoms with Crippen LogP contribution in [0.5, 0.6) is 0 Å². The van der Waals surface area contributed by atoms with Crippen molar-refractivity contribution in [2.24, 2.45) is 7.05 Å².